The van der Waals surface area contributed by atoms with E-state index in [1.54, 1.807) is 7.11 Å². The molecule has 0 aliphatic rings. The number of methoxy groups -OCH3 is 1. The van der Waals surface area contributed by atoms with Crippen LogP contribution < -0.4 is 4.74 Å². The van der Waals surface area contributed by atoms with Crippen molar-refractivity contribution in [1.82, 2.24) is 9.97 Å². The highest BCUT2D eigenvalue weighted by molar-refractivity contribution is 6.31. The third-order valence-corrected chi connectivity index (χ3v) is 3.00. The van der Waals surface area contributed by atoms with Gasteiger partial charge in [-0.2, -0.15) is 0 Å². The van der Waals surface area contributed by atoms with Gasteiger partial charge in [-0.3, -0.25) is 0 Å². The summed E-state index contributed by atoms with van der Waals surface area (Å²) in [7, 11) is 1.57. The lowest BCUT2D eigenvalue weighted by molar-refractivity contribution is 0.413. The van der Waals surface area contributed by atoms with Gasteiger partial charge < -0.3 is 4.74 Å². The first-order valence-electron chi connectivity index (χ1n) is 5.90. The van der Waals surface area contributed by atoms with Gasteiger partial charge in [-0.1, -0.05) is 49.2 Å². The van der Waals surface area contributed by atoms with Crippen molar-refractivity contribution in [1.29, 1.82) is 0 Å². The van der Waals surface area contributed by atoms with E-state index in [9.17, 15) is 0 Å². The molecule has 0 aliphatic heterocycles. The van der Waals surface area contributed by atoms with E-state index < -0.39 is 0 Å². The summed E-state index contributed by atoms with van der Waals surface area (Å²) in [6.45, 7) is 2.17. The zero-order chi connectivity index (χ0) is 13.0. The highest BCUT2D eigenvalue weighted by Crippen LogP contribution is 2.32. The lowest BCUT2D eigenvalue weighted by atomic mass is 10.1. The maximum atomic E-state index is 5.98. The number of rotatable bonds is 4. The predicted molar refractivity (Wildman–Crippen MR) is 73.0 cm³/mol. The number of aromatic nitrogens is 2. The van der Waals surface area contributed by atoms with Crippen LogP contribution in [-0.2, 0) is 6.42 Å². The monoisotopic (exact) mass is 262 g/mol. The number of hydrogen-bond donors (Lipinski definition) is 0. The SMILES string of the molecule is CCCc1ccc(-c2ncnc(Cl)c2OC)cc1. The maximum Gasteiger partial charge on any atom is 0.182 e. The van der Waals surface area contributed by atoms with E-state index in [1.807, 2.05) is 12.1 Å². The number of hydrogen-bond acceptors (Lipinski definition) is 3. The summed E-state index contributed by atoms with van der Waals surface area (Å²) in [5.74, 6) is 0.516. The van der Waals surface area contributed by atoms with E-state index in [0.29, 0.717) is 10.9 Å². The Morgan fingerprint density at radius 1 is 1.17 bits per heavy atom. The van der Waals surface area contributed by atoms with Crippen molar-refractivity contribution in [3.8, 4) is 17.0 Å². The van der Waals surface area contributed by atoms with Gasteiger partial charge in [0.25, 0.3) is 0 Å². The van der Waals surface area contributed by atoms with Crippen molar-refractivity contribution in [3.05, 3.63) is 41.3 Å². The van der Waals surface area contributed by atoms with Crippen molar-refractivity contribution >= 4 is 11.6 Å². The molecule has 0 atom stereocenters. The van der Waals surface area contributed by atoms with Crippen molar-refractivity contribution in [2.75, 3.05) is 7.11 Å². The summed E-state index contributed by atoms with van der Waals surface area (Å²) in [4.78, 5) is 8.15. The van der Waals surface area contributed by atoms with Crippen LogP contribution in [0.25, 0.3) is 11.3 Å². The fraction of sp³-hybridized carbons (Fsp3) is 0.286. The molecule has 0 saturated heterocycles. The minimum Gasteiger partial charge on any atom is -0.491 e. The van der Waals surface area contributed by atoms with E-state index in [4.69, 9.17) is 16.3 Å². The molecule has 2 rings (SSSR count). The normalized spacial score (nSPS) is 10.4. The van der Waals surface area contributed by atoms with Crippen LogP contribution in [0.3, 0.4) is 0 Å². The summed E-state index contributed by atoms with van der Waals surface area (Å²) in [6.07, 6.45) is 3.67. The second kappa shape index (κ2) is 5.83. The zero-order valence-corrected chi connectivity index (χ0v) is 11.2. The molecule has 18 heavy (non-hydrogen) atoms. The highest BCUT2D eigenvalue weighted by atomic mass is 35.5. The average Bonchev–Trinajstić information content (AvgIpc) is 2.40. The van der Waals surface area contributed by atoms with Gasteiger partial charge >= 0.3 is 0 Å². The number of nitrogens with zero attached hydrogens (tertiary/aromatic N) is 2. The van der Waals surface area contributed by atoms with Crippen LogP contribution in [-0.4, -0.2) is 17.1 Å². The largest absolute Gasteiger partial charge is 0.491 e. The molecule has 0 unspecified atom stereocenters. The van der Waals surface area contributed by atoms with E-state index in [1.165, 1.54) is 11.9 Å². The number of halogens is 1. The van der Waals surface area contributed by atoms with E-state index in [2.05, 4.69) is 29.0 Å². The molecular formula is C14H15ClN2O. The predicted octanol–water partition coefficient (Wildman–Crippen LogP) is 3.76. The van der Waals surface area contributed by atoms with Crippen LogP contribution in [0.2, 0.25) is 5.15 Å². The van der Waals surface area contributed by atoms with Gasteiger partial charge in [0.15, 0.2) is 10.9 Å². The Hall–Kier alpha value is -1.61. The first-order chi connectivity index (χ1) is 8.76. The molecule has 0 amide bonds. The van der Waals surface area contributed by atoms with Crippen LogP contribution in [0, 0.1) is 0 Å². The fourth-order valence-corrected chi connectivity index (χ4v) is 2.07. The summed E-state index contributed by atoms with van der Waals surface area (Å²) in [5.41, 5.74) is 3.02. The maximum absolute atomic E-state index is 5.98. The Morgan fingerprint density at radius 2 is 1.89 bits per heavy atom. The van der Waals surface area contributed by atoms with Gasteiger partial charge in [0, 0.05) is 5.56 Å². The Balaban J connectivity index is 2.39. The van der Waals surface area contributed by atoms with Gasteiger partial charge in [0.2, 0.25) is 0 Å². The highest BCUT2D eigenvalue weighted by Gasteiger charge is 2.11. The van der Waals surface area contributed by atoms with Crippen LogP contribution in [0.1, 0.15) is 18.9 Å². The minimum absolute atomic E-state index is 0.333. The second-order valence-corrected chi connectivity index (χ2v) is 4.35. The van der Waals surface area contributed by atoms with Gasteiger partial charge in [0.1, 0.15) is 12.0 Å². The van der Waals surface area contributed by atoms with Crippen LogP contribution in [0.4, 0.5) is 0 Å². The lowest BCUT2D eigenvalue weighted by Crippen LogP contribution is -1.94. The topological polar surface area (TPSA) is 35.0 Å². The van der Waals surface area contributed by atoms with E-state index in [0.717, 1.165) is 24.1 Å². The first kappa shape index (κ1) is 12.8. The second-order valence-electron chi connectivity index (χ2n) is 3.99. The molecule has 94 valence electrons. The standard InChI is InChI=1S/C14H15ClN2O/c1-3-4-10-5-7-11(8-6-10)12-13(18-2)14(15)17-9-16-12/h5-9H,3-4H2,1-2H3. The van der Waals surface area contributed by atoms with Crippen LogP contribution in [0.15, 0.2) is 30.6 Å². The fourth-order valence-electron chi connectivity index (χ4n) is 1.86. The molecule has 0 bridgehead atoms. The molecule has 3 nitrogen and oxygen atoms in total. The summed E-state index contributed by atoms with van der Waals surface area (Å²) < 4.78 is 5.25. The Kier molecular flexibility index (Phi) is 4.15. The van der Waals surface area contributed by atoms with E-state index >= 15 is 0 Å². The summed E-state index contributed by atoms with van der Waals surface area (Å²) in [5, 5.41) is 0.333. The summed E-state index contributed by atoms with van der Waals surface area (Å²) in [6, 6.07) is 8.28. The van der Waals surface area contributed by atoms with Crippen molar-refractivity contribution < 1.29 is 4.74 Å². The van der Waals surface area contributed by atoms with Crippen LogP contribution in [0.5, 0.6) is 5.75 Å². The minimum atomic E-state index is 0.333. The number of aryl methyl sites for hydroxylation is 1. The molecule has 1 aromatic heterocycles. The molecule has 2 aromatic rings. The molecule has 0 fully saturated rings. The zero-order valence-electron chi connectivity index (χ0n) is 10.5. The third kappa shape index (κ3) is 2.62. The van der Waals surface area contributed by atoms with Gasteiger partial charge in [0.05, 0.1) is 7.11 Å². The van der Waals surface area contributed by atoms with Gasteiger partial charge in [-0.05, 0) is 12.0 Å². The molecule has 0 spiro atoms. The molecule has 1 heterocycles. The lowest BCUT2D eigenvalue weighted by Gasteiger charge is -2.08. The number of ether oxygens (including phenoxy) is 1. The molecule has 4 heteroatoms. The van der Waals surface area contributed by atoms with Crippen molar-refractivity contribution in [2.24, 2.45) is 0 Å². The smallest absolute Gasteiger partial charge is 0.182 e. The Bertz CT molecular complexity index is 526. The molecule has 0 radical (unpaired) electrons. The van der Waals surface area contributed by atoms with Gasteiger partial charge in [-0.25, -0.2) is 9.97 Å². The van der Waals surface area contributed by atoms with Crippen LogP contribution >= 0.6 is 11.6 Å². The van der Waals surface area contributed by atoms with E-state index in [-0.39, 0.29) is 0 Å². The average molecular weight is 263 g/mol. The van der Waals surface area contributed by atoms with Crippen molar-refractivity contribution in [3.63, 3.8) is 0 Å². The summed E-state index contributed by atoms with van der Waals surface area (Å²) >= 11 is 5.98. The quantitative estimate of drug-likeness (QED) is 0.787. The molecule has 0 N–H and O–H groups in total. The molecule has 0 saturated carbocycles. The Labute approximate surface area is 112 Å². The first-order valence-corrected chi connectivity index (χ1v) is 6.27. The third-order valence-electron chi connectivity index (χ3n) is 2.73. The van der Waals surface area contributed by atoms with Gasteiger partial charge in [-0.15, -0.1) is 0 Å². The van der Waals surface area contributed by atoms with Crippen molar-refractivity contribution in [2.45, 2.75) is 19.8 Å². The Morgan fingerprint density at radius 3 is 2.50 bits per heavy atom. The molecule has 0 aliphatic carbocycles. The number of benzene rings is 1. The molecule has 1 aromatic carbocycles. The molecular weight excluding hydrogens is 248 g/mol.